The molecule has 1 aromatic carbocycles. The van der Waals surface area contributed by atoms with Crippen LogP contribution in [0, 0.1) is 26.7 Å². The van der Waals surface area contributed by atoms with E-state index >= 15 is 0 Å². The number of nitrogens with one attached hydrogen (secondary N) is 2. The van der Waals surface area contributed by atoms with E-state index in [1.54, 1.807) is 6.92 Å². The van der Waals surface area contributed by atoms with Crippen LogP contribution in [0.3, 0.4) is 0 Å². The number of benzene rings is 1. The summed E-state index contributed by atoms with van der Waals surface area (Å²) >= 11 is 0. The highest BCUT2D eigenvalue weighted by Gasteiger charge is 2.28. The molecule has 0 aliphatic rings. The Morgan fingerprint density at radius 2 is 1.70 bits per heavy atom. The highest BCUT2D eigenvalue weighted by molar-refractivity contribution is 6.39. The molecule has 2 amide bonds. The first-order valence-corrected chi connectivity index (χ1v) is 7.98. The van der Waals surface area contributed by atoms with Crippen molar-refractivity contribution in [2.45, 2.75) is 53.6 Å². The Bertz CT molecular complexity index is 571. The quantitative estimate of drug-likeness (QED) is 0.729. The molecule has 2 atom stereocenters. The SMILES string of the molecule is CCC(C)C(C)(O)CNC(=O)C(=O)Nc1c(C)cc(C)cc1C. The van der Waals surface area contributed by atoms with Gasteiger partial charge in [-0.2, -0.15) is 0 Å². The number of carbonyl (C=O) groups excluding carboxylic acids is 2. The van der Waals surface area contributed by atoms with Crippen LogP contribution in [0.15, 0.2) is 12.1 Å². The first-order chi connectivity index (χ1) is 10.6. The van der Waals surface area contributed by atoms with Gasteiger partial charge < -0.3 is 15.7 Å². The molecule has 0 heterocycles. The molecule has 1 rings (SSSR count). The lowest BCUT2D eigenvalue weighted by molar-refractivity contribution is -0.137. The third-order valence-corrected chi connectivity index (χ3v) is 4.40. The summed E-state index contributed by atoms with van der Waals surface area (Å²) in [7, 11) is 0. The zero-order valence-electron chi connectivity index (χ0n) is 14.9. The molecule has 0 spiro atoms. The zero-order valence-corrected chi connectivity index (χ0v) is 14.9. The second kappa shape index (κ2) is 7.59. The predicted molar refractivity (Wildman–Crippen MR) is 92.4 cm³/mol. The molecular formula is C18H28N2O3. The Labute approximate surface area is 138 Å². The van der Waals surface area contributed by atoms with Gasteiger partial charge in [-0.3, -0.25) is 9.59 Å². The van der Waals surface area contributed by atoms with Crippen LogP contribution in [-0.4, -0.2) is 29.1 Å². The number of carbonyl (C=O) groups is 2. The number of amides is 2. The third-order valence-electron chi connectivity index (χ3n) is 4.40. The summed E-state index contributed by atoms with van der Waals surface area (Å²) in [5.41, 5.74) is 2.54. The van der Waals surface area contributed by atoms with Crippen molar-refractivity contribution in [3.8, 4) is 0 Å². The maximum absolute atomic E-state index is 12.1. The minimum absolute atomic E-state index is 0.0208. The minimum Gasteiger partial charge on any atom is -0.388 e. The van der Waals surface area contributed by atoms with Gasteiger partial charge in [0.15, 0.2) is 0 Å². The normalized spacial score (nSPS) is 14.7. The Kier molecular flexibility index (Phi) is 6.33. The number of hydrogen-bond donors (Lipinski definition) is 3. The van der Waals surface area contributed by atoms with Gasteiger partial charge in [-0.1, -0.05) is 38.0 Å². The molecule has 128 valence electrons. The molecule has 0 saturated heterocycles. The van der Waals surface area contributed by atoms with Crippen LogP contribution in [0.2, 0.25) is 0 Å². The van der Waals surface area contributed by atoms with Crippen LogP contribution < -0.4 is 10.6 Å². The molecule has 0 fully saturated rings. The lowest BCUT2D eigenvalue weighted by Crippen LogP contribution is -2.47. The van der Waals surface area contributed by atoms with Crippen molar-refractivity contribution in [1.82, 2.24) is 5.32 Å². The van der Waals surface area contributed by atoms with E-state index in [0.29, 0.717) is 5.69 Å². The largest absolute Gasteiger partial charge is 0.388 e. The number of aliphatic hydroxyl groups is 1. The smallest absolute Gasteiger partial charge is 0.313 e. The summed E-state index contributed by atoms with van der Waals surface area (Å²) in [4.78, 5) is 24.0. The van der Waals surface area contributed by atoms with E-state index in [4.69, 9.17) is 0 Å². The molecular weight excluding hydrogens is 292 g/mol. The van der Waals surface area contributed by atoms with Gasteiger partial charge in [0.05, 0.1) is 5.60 Å². The van der Waals surface area contributed by atoms with Crippen molar-refractivity contribution in [3.63, 3.8) is 0 Å². The molecule has 0 saturated carbocycles. The molecule has 2 unspecified atom stereocenters. The van der Waals surface area contributed by atoms with Gasteiger partial charge in [0.2, 0.25) is 0 Å². The van der Waals surface area contributed by atoms with E-state index in [0.717, 1.165) is 23.1 Å². The van der Waals surface area contributed by atoms with E-state index in [2.05, 4.69) is 10.6 Å². The maximum Gasteiger partial charge on any atom is 0.313 e. The summed E-state index contributed by atoms with van der Waals surface area (Å²) in [5.74, 6) is -1.44. The van der Waals surface area contributed by atoms with E-state index in [1.165, 1.54) is 0 Å². The summed E-state index contributed by atoms with van der Waals surface area (Å²) in [6.45, 7) is 11.3. The Morgan fingerprint density at radius 3 is 2.17 bits per heavy atom. The van der Waals surface area contributed by atoms with E-state index < -0.39 is 17.4 Å². The van der Waals surface area contributed by atoms with Gasteiger partial charge in [0.1, 0.15) is 0 Å². The van der Waals surface area contributed by atoms with Crippen LogP contribution in [0.25, 0.3) is 0 Å². The van der Waals surface area contributed by atoms with Gasteiger partial charge in [-0.15, -0.1) is 0 Å². The van der Waals surface area contributed by atoms with Gasteiger partial charge in [-0.05, 0) is 44.7 Å². The van der Waals surface area contributed by atoms with Gasteiger partial charge in [0.25, 0.3) is 0 Å². The molecule has 5 heteroatoms. The monoisotopic (exact) mass is 320 g/mol. The standard InChI is InChI=1S/C18H28N2O3/c1-7-14(5)18(6,23)10-19-16(21)17(22)20-15-12(3)8-11(2)9-13(15)4/h8-9,14,23H,7,10H2,1-6H3,(H,19,21)(H,20,22). The first kappa shape index (κ1) is 19.2. The highest BCUT2D eigenvalue weighted by atomic mass is 16.3. The molecule has 0 aromatic heterocycles. The van der Waals surface area contributed by atoms with Crippen LogP contribution in [0.5, 0.6) is 0 Å². The fraction of sp³-hybridized carbons (Fsp3) is 0.556. The van der Waals surface area contributed by atoms with Gasteiger partial charge >= 0.3 is 11.8 Å². The summed E-state index contributed by atoms with van der Waals surface area (Å²) in [5, 5.41) is 15.4. The van der Waals surface area contributed by atoms with Crippen molar-refractivity contribution >= 4 is 17.5 Å². The Morgan fingerprint density at radius 1 is 1.17 bits per heavy atom. The first-order valence-electron chi connectivity index (χ1n) is 7.98. The summed E-state index contributed by atoms with van der Waals surface area (Å²) in [6.07, 6.45) is 0.789. The summed E-state index contributed by atoms with van der Waals surface area (Å²) in [6, 6.07) is 3.91. The average Bonchev–Trinajstić information content (AvgIpc) is 2.47. The van der Waals surface area contributed by atoms with E-state index in [9.17, 15) is 14.7 Å². The lowest BCUT2D eigenvalue weighted by Gasteiger charge is -2.29. The fourth-order valence-corrected chi connectivity index (χ4v) is 2.50. The van der Waals surface area contributed by atoms with Crippen LogP contribution in [0.1, 0.15) is 43.9 Å². The molecule has 5 nitrogen and oxygen atoms in total. The van der Waals surface area contributed by atoms with Gasteiger partial charge in [0, 0.05) is 12.2 Å². The second-order valence-corrected chi connectivity index (χ2v) is 6.58. The zero-order chi connectivity index (χ0) is 17.8. The van der Waals surface area contributed by atoms with Gasteiger partial charge in [-0.25, -0.2) is 0 Å². The minimum atomic E-state index is -1.04. The molecule has 1 aromatic rings. The topological polar surface area (TPSA) is 78.4 Å². The molecule has 0 aliphatic heterocycles. The van der Waals surface area contributed by atoms with Crippen LogP contribution in [0.4, 0.5) is 5.69 Å². The van der Waals surface area contributed by atoms with Crippen molar-refractivity contribution in [1.29, 1.82) is 0 Å². The second-order valence-electron chi connectivity index (χ2n) is 6.58. The van der Waals surface area contributed by atoms with Crippen LogP contribution >= 0.6 is 0 Å². The molecule has 0 aliphatic carbocycles. The molecule has 23 heavy (non-hydrogen) atoms. The van der Waals surface area contributed by atoms with E-state index in [1.807, 2.05) is 46.8 Å². The predicted octanol–water partition coefficient (Wildman–Crippen LogP) is 2.46. The number of hydrogen-bond acceptors (Lipinski definition) is 3. The van der Waals surface area contributed by atoms with Crippen molar-refractivity contribution in [3.05, 3.63) is 28.8 Å². The lowest BCUT2D eigenvalue weighted by atomic mass is 9.88. The number of rotatable bonds is 5. The van der Waals surface area contributed by atoms with E-state index in [-0.39, 0.29) is 12.5 Å². The van der Waals surface area contributed by atoms with Crippen LogP contribution in [-0.2, 0) is 9.59 Å². The van der Waals surface area contributed by atoms with Crippen molar-refractivity contribution in [2.24, 2.45) is 5.92 Å². The number of aryl methyl sites for hydroxylation is 3. The number of anilines is 1. The fourth-order valence-electron chi connectivity index (χ4n) is 2.50. The Hall–Kier alpha value is -1.88. The van der Waals surface area contributed by atoms with Crippen molar-refractivity contribution in [2.75, 3.05) is 11.9 Å². The summed E-state index contributed by atoms with van der Waals surface area (Å²) < 4.78 is 0. The molecule has 0 bridgehead atoms. The molecule has 3 N–H and O–H groups in total. The third kappa shape index (κ3) is 5.06. The van der Waals surface area contributed by atoms with Crippen molar-refractivity contribution < 1.29 is 14.7 Å². The highest BCUT2D eigenvalue weighted by Crippen LogP contribution is 2.22. The Balaban J connectivity index is 2.71. The maximum atomic E-state index is 12.1. The average molecular weight is 320 g/mol. The molecule has 0 radical (unpaired) electrons.